The van der Waals surface area contributed by atoms with Crippen molar-refractivity contribution in [1.29, 1.82) is 0 Å². The lowest BCUT2D eigenvalue weighted by Crippen LogP contribution is -2.46. The molecule has 1 aliphatic heterocycles. The van der Waals surface area contributed by atoms with E-state index in [9.17, 15) is 0 Å². The molecule has 1 saturated heterocycles. The number of halogens is 1. The first-order chi connectivity index (χ1) is 14.4. The van der Waals surface area contributed by atoms with E-state index in [0.29, 0.717) is 18.0 Å². The van der Waals surface area contributed by atoms with Crippen LogP contribution in [0.4, 0.5) is 0 Å². The summed E-state index contributed by atoms with van der Waals surface area (Å²) in [4.78, 5) is 0. The van der Waals surface area contributed by atoms with Crippen molar-refractivity contribution in [2.24, 2.45) is 0 Å². The largest absolute Gasteiger partial charge is 0.318 e. The van der Waals surface area contributed by atoms with Gasteiger partial charge in [0, 0.05) is 30.3 Å². The molecule has 0 radical (unpaired) electrons. The number of benzene rings is 1. The van der Waals surface area contributed by atoms with Gasteiger partial charge in [-0.1, -0.05) is 82.5 Å². The standard InChI is InChI=1S/C23H42ClN2OPSSi2/c1-30(2,3)18-25-21-14-10-11-15-22(21)26(19-31(4,5)6)28(25,29)27-23(16-17-24)20-12-8-7-9-13-20/h7-9,12-13,21-23H,10-11,14-19H2,1-6H3/t21-,22-,23-/m1/s1. The Hall–Kier alpha value is 0.474. The molecule has 8 heteroatoms. The van der Waals surface area contributed by atoms with Crippen molar-refractivity contribution in [2.75, 3.05) is 18.2 Å². The Morgan fingerprint density at radius 2 is 1.45 bits per heavy atom. The molecular weight excluding hydrogens is 475 g/mol. The average Bonchev–Trinajstić information content (AvgIpc) is 2.89. The zero-order valence-corrected chi connectivity index (χ0v) is 24.8. The third-order valence-corrected chi connectivity index (χ3v) is 13.7. The van der Waals surface area contributed by atoms with Gasteiger partial charge in [-0.25, -0.2) is 9.34 Å². The third-order valence-electron chi connectivity index (χ3n) is 6.19. The van der Waals surface area contributed by atoms with E-state index in [0.717, 1.165) is 18.8 Å². The van der Waals surface area contributed by atoms with Crippen LogP contribution in [-0.4, -0.2) is 55.8 Å². The van der Waals surface area contributed by atoms with Gasteiger partial charge >= 0.3 is 0 Å². The molecular formula is C23H42ClN2OPSSi2. The van der Waals surface area contributed by atoms with E-state index in [-0.39, 0.29) is 6.10 Å². The summed E-state index contributed by atoms with van der Waals surface area (Å²) in [5, 5.41) is 0. The number of alkyl halides is 1. The van der Waals surface area contributed by atoms with Gasteiger partial charge in [-0.15, -0.1) is 11.6 Å². The number of nitrogens with zero attached hydrogens (tertiary/aromatic N) is 2. The van der Waals surface area contributed by atoms with Crippen LogP contribution in [0.3, 0.4) is 0 Å². The smallest absolute Gasteiger partial charge is 0.204 e. The molecule has 176 valence electrons. The maximum absolute atomic E-state index is 7.17. The number of hydrogen-bond acceptors (Lipinski definition) is 2. The van der Waals surface area contributed by atoms with Crippen LogP contribution >= 0.6 is 18.2 Å². The molecule has 3 nitrogen and oxygen atoms in total. The summed E-state index contributed by atoms with van der Waals surface area (Å²) in [6.45, 7) is 12.5. The molecule has 1 aliphatic carbocycles. The maximum Gasteiger partial charge on any atom is 0.204 e. The van der Waals surface area contributed by atoms with Gasteiger partial charge < -0.3 is 4.52 Å². The lowest BCUT2D eigenvalue weighted by Gasteiger charge is -2.41. The monoisotopic (exact) mass is 516 g/mol. The van der Waals surface area contributed by atoms with Crippen molar-refractivity contribution in [2.45, 2.75) is 89.6 Å². The first-order valence-electron chi connectivity index (χ1n) is 11.9. The Bertz CT molecular complexity index is 735. The van der Waals surface area contributed by atoms with Gasteiger partial charge in [-0.3, -0.25) is 0 Å². The van der Waals surface area contributed by atoms with Crippen LogP contribution in [0.15, 0.2) is 30.3 Å². The molecule has 2 aliphatic rings. The topological polar surface area (TPSA) is 15.7 Å². The summed E-state index contributed by atoms with van der Waals surface area (Å²) in [6, 6.07) is 11.7. The molecule has 1 aromatic rings. The second kappa shape index (κ2) is 10.4. The average molecular weight is 517 g/mol. The van der Waals surface area contributed by atoms with E-state index in [4.69, 9.17) is 27.9 Å². The van der Waals surface area contributed by atoms with Crippen molar-refractivity contribution >= 4 is 46.1 Å². The van der Waals surface area contributed by atoms with Gasteiger partial charge in [-0.05, 0) is 36.6 Å². The number of rotatable bonds is 9. The molecule has 0 bridgehead atoms. The molecule has 1 saturated carbocycles. The fourth-order valence-corrected chi connectivity index (χ4v) is 16.1. The molecule has 0 spiro atoms. The third kappa shape index (κ3) is 6.54. The van der Waals surface area contributed by atoms with E-state index in [2.05, 4.69) is 79.0 Å². The maximum atomic E-state index is 7.17. The van der Waals surface area contributed by atoms with E-state index < -0.39 is 22.7 Å². The predicted molar refractivity (Wildman–Crippen MR) is 146 cm³/mol. The molecule has 0 amide bonds. The summed E-state index contributed by atoms with van der Waals surface area (Å²) in [5.74, 6) is 0.587. The molecule has 0 aromatic heterocycles. The van der Waals surface area contributed by atoms with Crippen molar-refractivity contribution < 1.29 is 4.52 Å². The zero-order valence-electron chi connectivity index (χ0n) is 20.3. The molecule has 1 heterocycles. The van der Waals surface area contributed by atoms with E-state index in [1.54, 1.807) is 0 Å². The first-order valence-corrected chi connectivity index (χ1v) is 22.5. The SMILES string of the molecule is C[Si](C)(C)CN1[C@@H]2CCCC[C@H]2N(C[Si](C)(C)C)P1(=S)O[C@H](CCCl)c1ccccc1. The summed E-state index contributed by atoms with van der Waals surface area (Å²) < 4.78 is 12.6. The van der Waals surface area contributed by atoms with Gasteiger partial charge in [0.2, 0.25) is 6.57 Å². The highest BCUT2D eigenvalue weighted by atomic mass is 35.5. The molecule has 2 fully saturated rings. The zero-order chi connectivity index (χ0) is 22.9. The second-order valence-corrected chi connectivity index (χ2v) is 26.6. The van der Waals surface area contributed by atoms with Crippen LogP contribution < -0.4 is 0 Å². The highest BCUT2D eigenvalue weighted by Crippen LogP contribution is 2.67. The fourth-order valence-electron chi connectivity index (χ4n) is 5.03. The second-order valence-electron chi connectivity index (χ2n) is 11.7. The molecule has 31 heavy (non-hydrogen) atoms. The van der Waals surface area contributed by atoms with Crippen LogP contribution in [0.25, 0.3) is 0 Å². The van der Waals surface area contributed by atoms with Crippen molar-refractivity contribution in [3.63, 3.8) is 0 Å². The van der Waals surface area contributed by atoms with Gasteiger partial charge in [0.25, 0.3) is 0 Å². The molecule has 3 atom stereocenters. The Balaban J connectivity index is 2.04. The normalized spacial score (nSPS) is 26.0. The molecule has 0 N–H and O–H groups in total. The first kappa shape index (κ1) is 26.1. The minimum absolute atomic E-state index is 0.0297. The Kier molecular flexibility index (Phi) is 8.74. The highest BCUT2D eigenvalue weighted by Gasteiger charge is 2.55. The summed E-state index contributed by atoms with van der Waals surface area (Å²) in [6.07, 6.45) is 8.23. The lowest BCUT2D eigenvalue weighted by molar-refractivity contribution is 0.195. The van der Waals surface area contributed by atoms with E-state index in [1.165, 1.54) is 31.2 Å². The van der Waals surface area contributed by atoms with Crippen LogP contribution in [0.1, 0.15) is 43.8 Å². The Morgan fingerprint density at radius 1 is 0.968 bits per heavy atom. The van der Waals surface area contributed by atoms with Crippen molar-refractivity contribution in [1.82, 2.24) is 9.34 Å². The van der Waals surface area contributed by atoms with E-state index in [1.807, 2.05) is 0 Å². The lowest BCUT2D eigenvalue weighted by atomic mass is 9.90. The highest BCUT2D eigenvalue weighted by molar-refractivity contribution is 8.10. The van der Waals surface area contributed by atoms with E-state index >= 15 is 0 Å². The minimum Gasteiger partial charge on any atom is -0.318 e. The Labute approximate surface area is 203 Å². The van der Waals surface area contributed by atoms with Crippen LogP contribution in [-0.2, 0) is 16.3 Å². The quantitative estimate of drug-likeness (QED) is 0.194. The van der Waals surface area contributed by atoms with Crippen LogP contribution in [0.5, 0.6) is 0 Å². The molecule has 1 aromatic carbocycles. The Morgan fingerprint density at radius 3 is 1.87 bits per heavy atom. The summed E-state index contributed by atoms with van der Waals surface area (Å²) in [5.41, 5.74) is 1.21. The molecule has 0 unspecified atom stereocenters. The number of fused-ring (bicyclic) bond motifs is 1. The van der Waals surface area contributed by atoms with Gasteiger partial charge in [-0.2, -0.15) is 0 Å². The van der Waals surface area contributed by atoms with Gasteiger partial charge in [0.1, 0.15) is 0 Å². The predicted octanol–water partition coefficient (Wildman–Crippen LogP) is 7.28. The van der Waals surface area contributed by atoms with Crippen molar-refractivity contribution in [3.05, 3.63) is 35.9 Å². The van der Waals surface area contributed by atoms with Gasteiger partial charge in [0.05, 0.1) is 22.3 Å². The molecule has 3 rings (SSSR count). The van der Waals surface area contributed by atoms with Gasteiger partial charge in [0.15, 0.2) is 0 Å². The van der Waals surface area contributed by atoms with Crippen LogP contribution in [0, 0.1) is 0 Å². The number of hydrogen-bond donors (Lipinski definition) is 0. The fraction of sp³-hybridized carbons (Fsp3) is 0.739. The minimum atomic E-state index is -2.33. The summed E-state index contributed by atoms with van der Waals surface area (Å²) in [7, 11) is -2.72. The summed E-state index contributed by atoms with van der Waals surface area (Å²) >= 11 is 13.0. The van der Waals surface area contributed by atoms with Crippen molar-refractivity contribution in [3.8, 4) is 0 Å². The van der Waals surface area contributed by atoms with Crippen LogP contribution in [0.2, 0.25) is 39.3 Å².